The monoisotopic (exact) mass is 166 g/mol. The summed E-state index contributed by atoms with van der Waals surface area (Å²) in [6, 6.07) is 0. The zero-order valence-electron chi connectivity index (χ0n) is 6.37. The highest BCUT2D eigenvalue weighted by Crippen LogP contribution is 2.02. The van der Waals surface area contributed by atoms with E-state index in [1.54, 1.807) is 0 Å². The summed E-state index contributed by atoms with van der Waals surface area (Å²) in [5, 5.41) is 4.27. The lowest BCUT2D eigenvalue weighted by atomic mass is 10.2. The van der Waals surface area contributed by atoms with E-state index in [9.17, 15) is 0 Å². The van der Waals surface area contributed by atoms with E-state index in [0.717, 1.165) is 18.6 Å². The molecule has 0 N–H and O–H groups in total. The van der Waals surface area contributed by atoms with Gasteiger partial charge in [0.05, 0.1) is 13.2 Å². The smallest absolute Gasteiger partial charge is 0.0933 e. The van der Waals surface area contributed by atoms with Gasteiger partial charge in [-0.3, -0.25) is 0 Å². The van der Waals surface area contributed by atoms with Crippen molar-refractivity contribution in [1.29, 1.82) is 0 Å². The molecule has 0 saturated carbocycles. The van der Waals surface area contributed by atoms with Crippen LogP contribution in [0.1, 0.15) is 19.8 Å². The molecule has 0 saturated heterocycles. The lowest BCUT2D eigenvalue weighted by Crippen LogP contribution is -2.08. The molecule has 0 aliphatic heterocycles. The highest BCUT2D eigenvalue weighted by atomic mass is 32.1. The quantitative estimate of drug-likeness (QED) is 0.369. The van der Waals surface area contributed by atoms with Gasteiger partial charge in [-0.25, -0.2) is 9.78 Å². The molecule has 0 bridgehead atoms. The minimum absolute atomic E-state index is 0.0760. The third kappa shape index (κ3) is 6.35. The van der Waals surface area contributed by atoms with Crippen molar-refractivity contribution >= 4 is 12.6 Å². The second kappa shape index (κ2) is 7.34. The summed E-state index contributed by atoms with van der Waals surface area (Å²) in [6.07, 6.45) is 2.04. The molecule has 0 aliphatic carbocycles. The van der Waals surface area contributed by atoms with Crippen LogP contribution >= 0.6 is 12.6 Å². The minimum atomic E-state index is 0.0760. The molecule has 4 heteroatoms. The van der Waals surface area contributed by atoms with E-state index in [2.05, 4.69) is 22.6 Å². The zero-order chi connectivity index (χ0) is 7.82. The van der Waals surface area contributed by atoms with E-state index in [1.165, 1.54) is 7.11 Å². The normalized spacial score (nSPS) is 13.5. The second-order valence-corrected chi connectivity index (χ2v) is 2.45. The van der Waals surface area contributed by atoms with Crippen molar-refractivity contribution in [3.8, 4) is 0 Å². The molecule has 0 fully saturated rings. The first kappa shape index (κ1) is 10.2. The molecule has 0 amide bonds. The first-order chi connectivity index (χ1) is 4.81. The minimum Gasteiger partial charge on any atom is -0.210 e. The van der Waals surface area contributed by atoms with Crippen molar-refractivity contribution < 1.29 is 14.8 Å². The molecule has 0 aromatic heterocycles. The van der Waals surface area contributed by atoms with Crippen LogP contribution < -0.4 is 0 Å². The second-order valence-electron chi connectivity index (χ2n) is 2.01. The summed E-state index contributed by atoms with van der Waals surface area (Å²) in [6.45, 7) is 1.92. The van der Waals surface area contributed by atoms with Crippen LogP contribution in [-0.4, -0.2) is 19.0 Å². The predicted octanol–water partition coefficient (Wildman–Crippen LogP) is 1.59. The van der Waals surface area contributed by atoms with Crippen LogP contribution in [0, 0.1) is 0 Å². The van der Waals surface area contributed by atoms with Gasteiger partial charge in [0.2, 0.25) is 0 Å². The van der Waals surface area contributed by atoms with Gasteiger partial charge in [-0.15, -0.1) is 0 Å². The Morgan fingerprint density at radius 2 is 2.20 bits per heavy atom. The Hall–Kier alpha value is 0.230. The maximum Gasteiger partial charge on any atom is 0.0933 e. The fraction of sp³-hybridized carbons (Fsp3) is 1.00. The van der Waals surface area contributed by atoms with E-state index < -0.39 is 0 Å². The van der Waals surface area contributed by atoms with Crippen LogP contribution in [0.3, 0.4) is 0 Å². The Balaban J connectivity index is 3.00. The maximum absolute atomic E-state index is 4.74. The summed E-state index contributed by atoms with van der Waals surface area (Å²) in [5.74, 6) is 0.876. The summed E-state index contributed by atoms with van der Waals surface area (Å²) in [5.41, 5.74) is 0. The van der Waals surface area contributed by atoms with Crippen LogP contribution in [-0.2, 0) is 14.8 Å². The van der Waals surface area contributed by atoms with Crippen molar-refractivity contribution in [2.24, 2.45) is 0 Å². The molecule has 0 spiro atoms. The van der Waals surface area contributed by atoms with E-state index in [-0.39, 0.29) is 6.10 Å². The van der Waals surface area contributed by atoms with Crippen LogP contribution in [0.2, 0.25) is 0 Å². The predicted molar refractivity (Wildman–Crippen MR) is 41.7 cm³/mol. The van der Waals surface area contributed by atoms with E-state index >= 15 is 0 Å². The Morgan fingerprint density at radius 3 is 2.70 bits per heavy atom. The Morgan fingerprint density at radius 1 is 1.50 bits per heavy atom. The van der Waals surface area contributed by atoms with Gasteiger partial charge in [0, 0.05) is 0 Å². The van der Waals surface area contributed by atoms with Crippen molar-refractivity contribution in [2.45, 2.75) is 25.9 Å². The topological polar surface area (TPSA) is 27.7 Å². The van der Waals surface area contributed by atoms with E-state index in [4.69, 9.17) is 4.89 Å². The standard InChI is InChI=1S/C6H14O3S/c1-6(4-3-5-10)8-9-7-2/h6,10H,3-5H2,1-2H3. The Kier molecular flexibility index (Phi) is 7.51. The Bertz CT molecular complexity index is 62.0. The SMILES string of the molecule is COOOC(C)CCCS. The number of hydrogen-bond donors (Lipinski definition) is 1. The van der Waals surface area contributed by atoms with E-state index in [0.29, 0.717) is 0 Å². The van der Waals surface area contributed by atoms with Gasteiger partial charge in [-0.1, -0.05) is 5.04 Å². The molecular weight excluding hydrogens is 152 g/mol. The van der Waals surface area contributed by atoms with Gasteiger partial charge in [-0.2, -0.15) is 12.6 Å². The molecule has 1 unspecified atom stereocenters. The third-order valence-electron chi connectivity index (χ3n) is 1.04. The number of thiol groups is 1. The molecule has 0 aromatic carbocycles. The average molecular weight is 166 g/mol. The molecule has 0 heterocycles. The van der Waals surface area contributed by atoms with Gasteiger partial charge < -0.3 is 0 Å². The fourth-order valence-corrected chi connectivity index (χ4v) is 0.716. The fourth-order valence-electron chi connectivity index (χ4n) is 0.533. The molecule has 0 radical (unpaired) electrons. The average Bonchev–Trinajstić information content (AvgIpc) is 1.97. The molecule has 62 valence electrons. The molecule has 0 aliphatic rings. The van der Waals surface area contributed by atoms with Gasteiger partial charge in [0.25, 0.3) is 0 Å². The summed E-state index contributed by atoms with van der Waals surface area (Å²) in [7, 11) is 1.41. The lowest BCUT2D eigenvalue weighted by Gasteiger charge is -2.07. The highest BCUT2D eigenvalue weighted by molar-refractivity contribution is 7.80. The van der Waals surface area contributed by atoms with Crippen molar-refractivity contribution in [1.82, 2.24) is 0 Å². The van der Waals surface area contributed by atoms with Crippen molar-refractivity contribution in [2.75, 3.05) is 12.9 Å². The summed E-state index contributed by atoms with van der Waals surface area (Å²) >= 11 is 4.06. The van der Waals surface area contributed by atoms with Gasteiger partial charge in [-0.05, 0) is 25.5 Å². The van der Waals surface area contributed by atoms with Crippen LogP contribution in [0.4, 0.5) is 0 Å². The summed E-state index contributed by atoms with van der Waals surface area (Å²) < 4.78 is 0. The third-order valence-corrected chi connectivity index (χ3v) is 1.36. The largest absolute Gasteiger partial charge is 0.210 e. The highest BCUT2D eigenvalue weighted by Gasteiger charge is 2.01. The molecule has 3 nitrogen and oxygen atoms in total. The molecule has 0 rings (SSSR count). The van der Waals surface area contributed by atoms with E-state index in [1.807, 2.05) is 6.92 Å². The molecular formula is C6H14O3S. The van der Waals surface area contributed by atoms with Gasteiger partial charge in [0.15, 0.2) is 0 Å². The number of hydrogen-bond acceptors (Lipinski definition) is 4. The summed E-state index contributed by atoms with van der Waals surface area (Å²) in [4.78, 5) is 8.99. The molecule has 0 aromatic rings. The Labute approximate surface area is 66.9 Å². The van der Waals surface area contributed by atoms with Gasteiger partial charge in [0.1, 0.15) is 0 Å². The molecule has 10 heavy (non-hydrogen) atoms. The van der Waals surface area contributed by atoms with Crippen LogP contribution in [0.15, 0.2) is 0 Å². The molecule has 1 atom stereocenters. The first-order valence-corrected chi connectivity index (χ1v) is 3.91. The van der Waals surface area contributed by atoms with Crippen LogP contribution in [0.5, 0.6) is 0 Å². The van der Waals surface area contributed by atoms with Crippen LogP contribution in [0.25, 0.3) is 0 Å². The first-order valence-electron chi connectivity index (χ1n) is 3.28. The van der Waals surface area contributed by atoms with Crippen molar-refractivity contribution in [3.63, 3.8) is 0 Å². The number of rotatable bonds is 6. The van der Waals surface area contributed by atoms with Gasteiger partial charge >= 0.3 is 0 Å². The van der Waals surface area contributed by atoms with Crippen molar-refractivity contribution in [3.05, 3.63) is 0 Å². The lowest BCUT2D eigenvalue weighted by molar-refractivity contribution is -0.515. The zero-order valence-corrected chi connectivity index (χ0v) is 7.27. The maximum atomic E-state index is 4.74.